The van der Waals surface area contributed by atoms with E-state index < -0.39 is 53.6 Å². The van der Waals surface area contributed by atoms with Crippen molar-refractivity contribution in [3.63, 3.8) is 0 Å². The first-order chi connectivity index (χ1) is 30.4. The van der Waals surface area contributed by atoms with Gasteiger partial charge in [-0.2, -0.15) is 0 Å². The second-order valence-electron chi connectivity index (χ2n) is 16.9. The molecule has 1 heterocycles. The summed E-state index contributed by atoms with van der Waals surface area (Å²) >= 11 is 0. The number of carbonyl (C=O) groups is 6. The first kappa shape index (κ1) is 44.6. The average Bonchev–Trinajstić information content (AvgIpc) is 4.21. The van der Waals surface area contributed by atoms with Crippen molar-refractivity contribution < 1.29 is 38.3 Å². The standard InChI is InChI=1S/C49H55FN6O7/c1-2-3-4-11-24-51-48(62)49(63,55-43(57)25-31-16-22-36(50)23-17-31)30-52-44(58)34-18-20-35(21-19-34)47(61)56-28-39(45(59)53-41-26-37(41)32-12-7-5-8-13-32)40(29-56)46(60)54-42-27-38(42)33-14-9-6-10-15-33/h5-10,12-23,37-42,63H,2-4,11,24-30H2,1H3,(H,51,62)(H,52,58)(H,53,59)(H,54,60)(H,55,57)/t37-,38-,39-,40-,41+,42+,49+/m1/s1. The van der Waals surface area contributed by atoms with E-state index in [2.05, 4.69) is 33.5 Å². The van der Waals surface area contributed by atoms with Crippen molar-refractivity contribution >= 4 is 35.4 Å². The quantitative estimate of drug-likeness (QED) is 0.0599. The Morgan fingerprint density at radius 1 is 0.683 bits per heavy atom. The van der Waals surface area contributed by atoms with Gasteiger partial charge in [0.25, 0.3) is 17.7 Å². The van der Waals surface area contributed by atoms with Crippen LogP contribution in [0.15, 0.2) is 109 Å². The number of unbranched alkanes of at least 4 members (excludes halogenated alkanes) is 3. The molecule has 2 aliphatic carbocycles. The lowest BCUT2D eigenvalue weighted by molar-refractivity contribution is -0.148. The van der Waals surface area contributed by atoms with Crippen molar-refractivity contribution in [1.82, 2.24) is 31.5 Å². The van der Waals surface area contributed by atoms with Gasteiger partial charge in [0, 0.05) is 54.7 Å². The van der Waals surface area contributed by atoms with Gasteiger partial charge in [0.2, 0.25) is 23.4 Å². The summed E-state index contributed by atoms with van der Waals surface area (Å²) in [4.78, 5) is 82.8. The van der Waals surface area contributed by atoms with E-state index >= 15 is 0 Å². The smallest absolute Gasteiger partial charge is 0.275 e. The normalized spacial score (nSPS) is 21.9. The molecule has 3 aliphatic rings. The Bertz CT molecular complexity index is 2190. The van der Waals surface area contributed by atoms with Crippen LogP contribution in [0.4, 0.5) is 4.39 Å². The zero-order valence-corrected chi connectivity index (χ0v) is 35.4. The van der Waals surface area contributed by atoms with Gasteiger partial charge in [-0.05, 0) is 72.4 Å². The molecule has 3 fully saturated rings. The van der Waals surface area contributed by atoms with Gasteiger partial charge in [-0.1, -0.05) is 99.0 Å². The zero-order valence-electron chi connectivity index (χ0n) is 35.4. The summed E-state index contributed by atoms with van der Waals surface area (Å²) < 4.78 is 13.4. The number of amides is 6. The minimum absolute atomic E-state index is 0.0344. The van der Waals surface area contributed by atoms with Crippen molar-refractivity contribution in [2.75, 3.05) is 26.2 Å². The fourth-order valence-electron chi connectivity index (χ4n) is 8.33. The van der Waals surface area contributed by atoms with Gasteiger partial charge in [0.1, 0.15) is 5.82 Å². The maximum absolute atomic E-state index is 14.0. The lowest BCUT2D eigenvalue weighted by atomic mass is 9.94. The Kier molecular flexibility index (Phi) is 14.3. The molecular formula is C49H55FN6O7. The number of halogens is 1. The Balaban J connectivity index is 0.985. The van der Waals surface area contributed by atoms with E-state index in [1.165, 1.54) is 53.4 Å². The first-order valence-corrected chi connectivity index (χ1v) is 21.9. The van der Waals surface area contributed by atoms with Crippen molar-refractivity contribution in [2.24, 2.45) is 11.8 Å². The highest BCUT2D eigenvalue weighted by Gasteiger charge is 2.49. The predicted molar refractivity (Wildman–Crippen MR) is 233 cm³/mol. The van der Waals surface area contributed by atoms with Crippen LogP contribution in [0.25, 0.3) is 0 Å². The number of carbonyl (C=O) groups excluding carboxylic acids is 6. The van der Waals surface area contributed by atoms with E-state index in [9.17, 15) is 38.3 Å². The average molecular weight is 859 g/mol. The largest absolute Gasteiger partial charge is 0.362 e. The van der Waals surface area contributed by atoms with E-state index in [-0.39, 0.29) is 72.9 Å². The Morgan fingerprint density at radius 2 is 1.22 bits per heavy atom. The van der Waals surface area contributed by atoms with Gasteiger partial charge >= 0.3 is 0 Å². The van der Waals surface area contributed by atoms with Crippen molar-refractivity contribution in [1.29, 1.82) is 0 Å². The number of hydrogen-bond acceptors (Lipinski definition) is 7. The number of aliphatic hydroxyl groups is 1. The minimum atomic E-state index is -2.52. The fourth-order valence-corrected chi connectivity index (χ4v) is 8.33. The number of benzene rings is 4. The van der Waals surface area contributed by atoms with Crippen LogP contribution in [-0.2, 0) is 25.6 Å². The molecule has 63 heavy (non-hydrogen) atoms. The molecule has 4 aromatic carbocycles. The lowest BCUT2D eigenvalue weighted by Gasteiger charge is -2.28. The molecule has 6 N–H and O–H groups in total. The SMILES string of the molecule is CCCCCCNC(=O)[C@@](O)(CNC(=O)c1ccc(C(=O)N2C[C@@H](C(=O)N[C@H]3C[C@@H]3c3ccccc3)[C@H](C(=O)N[C@H]3C[C@@H]3c3ccccc3)C2)cc1)NC(=O)Cc1ccc(F)cc1. The monoisotopic (exact) mass is 858 g/mol. The molecule has 0 unspecified atom stereocenters. The van der Waals surface area contributed by atoms with Crippen LogP contribution in [0.1, 0.15) is 94.7 Å². The molecule has 13 nitrogen and oxygen atoms in total. The molecule has 330 valence electrons. The number of likely N-dealkylation sites (tertiary alicyclic amines) is 1. The first-order valence-electron chi connectivity index (χ1n) is 21.9. The van der Waals surface area contributed by atoms with Gasteiger partial charge < -0.3 is 36.6 Å². The van der Waals surface area contributed by atoms with Crippen LogP contribution in [-0.4, -0.2) is 89.4 Å². The zero-order chi connectivity index (χ0) is 44.5. The summed E-state index contributed by atoms with van der Waals surface area (Å²) in [5.74, 6) is -4.91. The Labute approximate surface area is 366 Å². The number of rotatable bonds is 19. The highest BCUT2D eigenvalue weighted by atomic mass is 19.1. The third-order valence-corrected chi connectivity index (χ3v) is 12.2. The van der Waals surface area contributed by atoms with E-state index in [0.29, 0.717) is 12.0 Å². The highest BCUT2D eigenvalue weighted by molar-refractivity contribution is 6.00. The van der Waals surface area contributed by atoms with E-state index in [1.54, 1.807) is 0 Å². The topological polar surface area (TPSA) is 186 Å². The maximum Gasteiger partial charge on any atom is 0.275 e. The van der Waals surface area contributed by atoms with Crippen LogP contribution < -0.4 is 26.6 Å². The summed E-state index contributed by atoms with van der Waals surface area (Å²) in [5, 5.41) is 25.2. The van der Waals surface area contributed by atoms with Gasteiger partial charge in [-0.3, -0.25) is 28.8 Å². The number of nitrogens with one attached hydrogen (secondary N) is 5. The van der Waals surface area contributed by atoms with Crippen LogP contribution in [0.2, 0.25) is 0 Å². The van der Waals surface area contributed by atoms with E-state index in [1.807, 2.05) is 60.7 Å². The van der Waals surface area contributed by atoms with Gasteiger partial charge in [-0.25, -0.2) is 4.39 Å². The molecule has 7 rings (SSSR count). The van der Waals surface area contributed by atoms with Crippen molar-refractivity contribution in [3.8, 4) is 0 Å². The summed E-state index contributed by atoms with van der Waals surface area (Å²) in [6, 6.07) is 30.7. The van der Waals surface area contributed by atoms with Crippen molar-refractivity contribution in [3.05, 3.63) is 143 Å². The molecule has 1 saturated heterocycles. The summed E-state index contributed by atoms with van der Waals surface area (Å²) in [6.45, 7) is 1.69. The molecule has 6 amide bonds. The molecule has 2 saturated carbocycles. The predicted octanol–water partition coefficient (Wildman–Crippen LogP) is 4.33. The van der Waals surface area contributed by atoms with Crippen LogP contribution in [0.5, 0.6) is 0 Å². The number of nitrogens with zero attached hydrogens (tertiary/aromatic N) is 1. The summed E-state index contributed by atoms with van der Waals surface area (Å²) in [5.41, 5.74) is 0.551. The second-order valence-corrected chi connectivity index (χ2v) is 16.9. The molecule has 4 aromatic rings. The fraction of sp³-hybridized carbons (Fsp3) is 0.388. The van der Waals surface area contributed by atoms with Gasteiger partial charge in [0.15, 0.2) is 0 Å². The molecular weight excluding hydrogens is 804 g/mol. The van der Waals surface area contributed by atoms with Gasteiger partial charge in [0.05, 0.1) is 24.8 Å². The van der Waals surface area contributed by atoms with Crippen LogP contribution in [0.3, 0.4) is 0 Å². The minimum Gasteiger partial charge on any atom is -0.362 e. The maximum atomic E-state index is 14.0. The Hall–Kier alpha value is -6.41. The van der Waals surface area contributed by atoms with Crippen LogP contribution in [0, 0.1) is 17.7 Å². The highest BCUT2D eigenvalue weighted by Crippen LogP contribution is 2.42. The molecule has 14 heteroatoms. The van der Waals surface area contributed by atoms with E-state index in [0.717, 1.165) is 43.2 Å². The summed E-state index contributed by atoms with van der Waals surface area (Å²) in [6.07, 6.45) is 4.80. The molecule has 0 aromatic heterocycles. The Morgan fingerprint density at radius 3 is 1.76 bits per heavy atom. The second kappa shape index (κ2) is 20.2. The third-order valence-electron chi connectivity index (χ3n) is 12.2. The van der Waals surface area contributed by atoms with Gasteiger partial charge in [-0.15, -0.1) is 0 Å². The number of hydrogen-bond donors (Lipinski definition) is 6. The molecule has 0 radical (unpaired) electrons. The molecule has 0 bridgehead atoms. The van der Waals surface area contributed by atoms with Crippen molar-refractivity contribution in [2.45, 2.75) is 81.5 Å². The third kappa shape index (κ3) is 11.5. The summed E-state index contributed by atoms with van der Waals surface area (Å²) in [7, 11) is 0. The molecule has 0 spiro atoms. The lowest BCUT2D eigenvalue weighted by Crippen LogP contribution is -2.64. The van der Waals surface area contributed by atoms with Crippen LogP contribution >= 0.6 is 0 Å². The molecule has 1 aliphatic heterocycles. The molecule has 7 atom stereocenters. The van der Waals surface area contributed by atoms with E-state index in [4.69, 9.17) is 0 Å².